The van der Waals surface area contributed by atoms with E-state index in [0.717, 1.165) is 0 Å². The normalized spacial score (nSPS) is 22.2. The van der Waals surface area contributed by atoms with E-state index in [1.807, 2.05) is 6.07 Å². The van der Waals surface area contributed by atoms with Crippen molar-refractivity contribution in [2.75, 3.05) is 0 Å². The highest BCUT2D eigenvalue weighted by Gasteiger charge is 2.26. The number of aliphatic carboxylic acids is 1. The Morgan fingerprint density at radius 2 is 2.10 bits per heavy atom. The summed E-state index contributed by atoms with van der Waals surface area (Å²) in [5.41, 5.74) is 0.768. The molecule has 0 radical (unpaired) electrons. The molecule has 106 valence electrons. The van der Waals surface area contributed by atoms with E-state index in [9.17, 15) is 9.18 Å². The van der Waals surface area contributed by atoms with Gasteiger partial charge in [-0.15, -0.1) is 0 Å². The number of rotatable bonds is 4. The quantitative estimate of drug-likeness (QED) is 0.918. The Morgan fingerprint density at radius 1 is 1.40 bits per heavy atom. The van der Waals surface area contributed by atoms with Gasteiger partial charge in [0.1, 0.15) is 5.82 Å². The van der Waals surface area contributed by atoms with E-state index < -0.39 is 5.97 Å². The number of hydrogen-bond donors (Lipinski definition) is 1. The third-order valence-corrected chi connectivity index (χ3v) is 3.67. The van der Waals surface area contributed by atoms with Crippen LogP contribution in [0.1, 0.15) is 36.8 Å². The highest BCUT2D eigenvalue weighted by atomic mass is 19.1. The molecule has 2 rings (SSSR count). The SMILES string of the molecule is N#Cc1ccc(F)c(COC2CCC(C(=O)O)CC2)c1. The van der Waals surface area contributed by atoms with Crippen molar-refractivity contribution < 1.29 is 19.0 Å². The Bertz CT molecular complexity index is 530. The molecule has 1 aromatic rings. The van der Waals surface area contributed by atoms with Crippen molar-refractivity contribution in [2.45, 2.75) is 38.4 Å². The third-order valence-electron chi connectivity index (χ3n) is 3.67. The number of carbonyl (C=O) groups is 1. The number of nitrogens with zero attached hydrogens (tertiary/aromatic N) is 1. The molecule has 0 unspecified atom stereocenters. The van der Waals surface area contributed by atoms with Gasteiger partial charge < -0.3 is 9.84 Å². The summed E-state index contributed by atoms with van der Waals surface area (Å²) < 4.78 is 19.2. The van der Waals surface area contributed by atoms with Gasteiger partial charge in [-0.1, -0.05) is 0 Å². The van der Waals surface area contributed by atoms with Crippen molar-refractivity contribution >= 4 is 5.97 Å². The zero-order chi connectivity index (χ0) is 14.5. The lowest BCUT2D eigenvalue weighted by molar-refractivity contribution is -0.143. The van der Waals surface area contributed by atoms with Gasteiger partial charge in [0, 0.05) is 5.56 Å². The molecule has 1 N–H and O–H groups in total. The number of nitriles is 1. The standard InChI is InChI=1S/C15H16FNO3/c16-14-6-1-10(8-17)7-12(14)9-20-13-4-2-11(3-5-13)15(18)19/h1,6-7,11,13H,2-5,9H2,(H,18,19). The molecule has 0 saturated heterocycles. The van der Waals surface area contributed by atoms with Gasteiger partial charge in [-0.2, -0.15) is 5.26 Å². The average Bonchev–Trinajstić information content (AvgIpc) is 2.47. The van der Waals surface area contributed by atoms with Gasteiger partial charge in [-0.3, -0.25) is 4.79 Å². The number of halogens is 1. The summed E-state index contributed by atoms with van der Waals surface area (Å²) in [6, 6.07) is 6.14. The van der Waals surface area contributed by atoms with Crippen LogP contribution in [0.2, 0.25) is 0 Å². The van der Waals surface area contributed by atoms with E-state index in [1.54, 1.807) is 0 Å². The van der Waals surface area contributed by atoms with Crippen LogP contribution in [-0.2, 0) is 16.1 Å². The fourth-order valence-electron chi connectivity index (χ4n) is 2.44. The molecular weight excluding hydrogens is 261 g/mol. The number of ether oxygens (including phenoxy) is 1. The highest BCUT2D eigenvalue weighted by molar-refractivity contribution is 5.70. The summed E-state index contributed by atoms with van der Waals surface area (Å²) in [5, 5.41) is 17.7. The summed E-state index contributed by atoms with van der Waals surface area (Å²) in [6.07, 6.45) is 2.52. The average molecular weight is 277 g/mol. The molecule has 4 nitrogen and oxygen atoms in total. The van der Waals surface area contributed by atoms with Crippen LogP contribution in [0, 0.1) is 23.1 Å². The fraction of sp³-hybridized carbons (Fsp3) is 0.467. The Kier molecular flexibility index (Phi) is 4.70. The molecule has 1 aromatic carbocycles. The molecule has 1 fully saturated rings. The smallest absolute Gasteiger partial charge is 0.306 e. The van der Waals surface area contributed by atoms with Crippen LogP contribution >= 0.6 is 0 Å². The topological polar surface area (TPSA) is 70.3 Å². The van der Waals surface area contributed by atoms with Gasteiger partial charge in [0.15, 0.2) is 0 Å². The van der Waals surface area contributed by atoms with E-state index in [2.05, 4.69) is 0 Å². The lowest BCUT2D eigenvalue weighted by Gasteiger charge is -2.26. The first kappa shape index (κ1) is 14.5. The van der Waals surface area contributed by atoms with Crippen LogP contribution in [0.25, 0.3) is 0 Å². The maximum atomic E-state index is 13.6. The lowest BCUT2D eigenvalue weighted by atomic mass is 9.87. The molecule has 0 bridgehead atoms. The molecular formula is C15H16FNO3. The molecule has 0 amide bonds. The Labute approximate surface area is 116 Å². The summed E-state index contributed by atoms with van der Waals surface area (Å²) in [6.45, 7) is 0.115. The Balaban J connectivity index is 1.88. The number of hydrogen-bond acceptors (Lipinski definition) is 3. The first-order valence-electron chi connectivity index (χ1n) is 6.63. The fourth-order valence-corrected chi connectivity index (χ4v) is 2.44. The number of carboxylic acids is 1. The van der Waals surface area contributed by atoms with E-state index in [0.29, 0.717) is 36.8 Å². The number of benzene rings is 1. The molecule has 0 aromatic heterocycles. The minimum atomic E-state index is -0.754. The van der Waals surface area contributed by atoms with Crippen LogP contribution in [0.3, 0.4) is 0 Å². The molecule has 1 aliphatic carbocycles. The van der Waals surface area contributed by atoms with Crippen molar-refractivity contribution in [1.29, 1.82) is 5.26 Å². The maximum absolute atomic E-state index is 13.6. The highest BCUT2D eigenvalue weighted by Crippen LogP contribution is 2.27. The lowest BCUT2D eigenvalue weighted by Crippen LogP contribution is -2.26. The van der Waals surface area contributed by atoms with Crippen LogP contribution in [0.5, 0.6) is 0 Å². The monoisotopic (exact) mass is 277 g/mol. The van der Waals surface area contributed by atoms with Crippen LogP contribution in [0.15, 0.2) is 18.2 Å². The van der Waals surface area contributed by atoms with Gasteiger partial charge in [-0.25, -0.2) is 4.39 Å². The molecule has 20 heavy (non-hydrogen) atoms. The molecule has 5 heteroatoms. The second kappa shape index (κ2) is 6.49. The molecule has 0 heterocycles. The van der Waals surface area contributed by atoms with Crippen molar-refractivity contribution in [1.82, 2.24) is 0 Å². The van der Waals surface area contributed by atoms with Crippen molar-refractivity contribution in [3.63, 3.8) is 0 Å². The van der Waals surface area contributed by atoms with Crippen LogP contribution in [0.4, 0.5) is 4.39 Å². The summed E-state index contributed by atoms with van der Waals surface area (Å²) in [4.78, 5) is 10.8. The van der Waals surface area contributed by atoms with E-state index in [4.69, 9.17) is 15.1 Å². The van der Waals surface area contributed by atoms with Gasteiger partial charge in [0.25, 0.3) is 0 Å². The molecule has 0 spiro atoms. The predicted octanol–water partition coefficient (Wildman–Crippen LogP) is 2.86. The molecule has 0 aliphatic heterocycles. The zero-order valence-corrected chi connectivity index (χ0v) is 11.0. The second-order valence-electron chi connectivity index (χ2n) is 5.04. The first-order valence-corrected chi connectivity index (χ1v) is 6.63. The summed E-state index contributed by atoms with van der Waals surface area (Å²) in [7, 11) is 0. The van der Waals surface area contributed by atoms with Crippen LogP contribution < -0.4 is 0 Å². The predicted molar refractivity (Wildman–Crippen MR) is 69.3 cm³/mol. The van der Waals surface area contributed by atoms with Gasteiger partial charge in [-0.05, 0) is 43.9 Å². The van der Waals surface area contributed by atoms with Gasteiger partial charge >= 0.3 is 5.97 Å². The molecule has 0 atom stereocenters. The third kappa shape index (κ3) is 3.55. The summed E-state index contributed by atoms with van der Waals surface area (Å²) >= 11 is 0. The zero-order valence-electron chi connectivity index (χ0n) is 11.0. The minimum Gasteiger partial charge on any atom is -0.481 e. The maximum Gasteiger partial charge on any atom is 0.306 e. The Morgan fingerprint density at radius 3 is 2.70 bits per heavy atom. The molecule has 1 aliphatic rings. The minimum absolute atomic E-state index is 0.0317. The number of carboxylic acid groups (broad SMARTS) is 1. The van der Waals surface area contributed by atoms with Crippen molar-refractivity contribution in [2.24, 2.45) is 5.92 Å². The second-order valence-corrected chi connectivity index (χ2v) is 5.04. The van der Waals surface area contributed by atoms with Gasteiger partial charge in [0.05, 0.1) is 30.3 Å². The largest absolute Gasteiger partial charge is 0.481 e. The van der Waals surface area contributed by atoms with Gasteiger partial charge in [0.2, 0.25) is 0 Å². The van der Waals surface area contributed by atoms with Crippen molar-refractivity contribution in [3.8, 4) is 6.07 Å². The van der Waals surface area contributed by atoms with E-state index in [1.165, 1.54) is 18.2 Å². The van der Waals surface area contributed by atoms with Crippen molar-refractivity contribution in [3.05, 3.63) is 35.1 Å². The van der Waals surface area contributed by atoms with E-state index in [-0.39, 0.29) is 24.4 Å². The molecule has 1 saturated carbocycles. The summed E-state index contributed by atoms with van der Waals surface area (Å²) in [5.74, 6) is -1.42. The first-order chi connectivity index (χ1) is 9.60. The Hall–Kier alpha value is -1.93. The van der Waals surface area contributed by atoms with Crippen LogP contribution in [-0.4, -0.2) is 17.2 Å². The van der Waals surface area contributed by atoms with E-state index >= 15 is 0 Å².